The van der Waals surface area contributed by atoms with E-state index in [2.05, 4.69) is 24.5 Å². The first-order valence-corrected chi connectivity index (χ1v) is 8.63. The van der Waals surface area contributed by atoms with Gasteiger partial charge < -0.3 is 20.1 Å². The molecule has 0 bridgehead atoms. The van der Waals surface area contributed by atoms with Crippen molar-refractivity contribution in [2.45, 2.75) is 19.9 Å². The highest BCUT2D eigenvalue weighted by molar-refractivity contribution is 5.95. The molecule has 0 saturated heterocycles. The Morgan fingerprint density at radius 2 is 1.76 bits per heavy atom. The topological polar surface area (TPSA) is 59.6 Å². The molecule has 5 heteroatoms. The number of benzene rings is 2. The van der Waals surface area contributed by atoms with Gasteiger partial charge in [-0.1, -0.05) is 32.0 Å². The van der Waals surface area contributed by atoms with Crippen LogP contribution in [-0.4, -0.2) is 31.7 Å². The summed E-state index contributed by atoms with van der Waals surface area (Å²) in [6.45, 7) is 5.86. The van der Waals surface area contributed by atoms with Crippen LogP contribution in [0.2, 0.25) is 0 Å². The lowest BCUT2D eigenvalue weighted by atomic mass is 10.0. The third kappa shape index (κ3) is 4.44. The van der Waals surface area contributed by atoms with Crippen molar-refractivity contribution in [2.24, 2.45) is 5.92 Å². The number of para-hydroxylation sites is 1. The molecule has 5 nitrogen and oxygen atoms in total. The van der Waals surface area contributed by atoms with Crippen molar-refractivity contribution >= 4 is 11.6 Å². The summed E-state index contributed by atoms with van der Waals surface area (Å²) in [4.78, 5) is 12.5. The van der Waals surface area contributed by atoms with Crippen LogP contribution in [0.4, 0.5) is 5.69 Å². The average Bonchev–Trinajstić information content (AvgIpc) is 2.65. The van der Waals surface area contributed by atoms with E-state index in [0.717, 1.165) is 5.69 Å². The largest absolute Gasteiger partial charge is 0.486 e. The van der Waals surface area contributed by atoms with Gasteiger partial charge in [-0.3, -0.25) is 4.79 Å². The fourth-order valence-electron chi connectivity index (χ4n) is 2.69. The van der Waals surface area contributed by atoms with Gasteiger partial charge in [-0.05, 0) is 36.2 Å². The lowest BCUT2D eigenvalue weighted by molar-refractivity contribution is 0.0949. The van der Waals surface area contributed by atoms with Gasteiger partial charge in [0.25, 0.3) is 5.91 Å². The molecule has 2 aromatic carbocycles. The molecule has 0 aliphatic carbocycles. The Morgan fingerprint density at radius 3 is 2.48 bits per heavy atom. The highest BCUT2D eigenvalue weighted by Gasteiger charge is 2.17. The summed E-state index contributed by atoms with van der Waals surface area (Å²) in [6, 6.07) is 15.4. The SMILES string of the molecule is CC(C)C(CNC(=O)c1ccc2c(c1)OCCO2)Nc1ccccc1. The summed E-state index contributed by atoms with van der Waals surface area (Å²) in [5.74, 6) is 1.58. The van der Waals surface area contributed by atoms with E-state index in [1.54, 1.807) is 18.2 Å². The van der Waals surface area contributed by atoms with Gasteiger partial charge in [0.05, 0.1) is 0 Å². The van der Waals surface area contributed by atoms with E-state index in [9.17, 15) is 4.79 Å². The van der Waals surface area contributed by atoms with Gasteiger partial charge in [-0.25, -0.2) is 0 Å². The molecule has 0 saturated carbocycles. The second-order valence-corrected chi connectivity index (χ2v) is 6.43. The monoisotopic (exact) mass is 340 g/mol. The first-order chi connectivity index (χ1) is 12.1. The van der Waals surface area contributed by atoms with Crippen LogP contribution in [0.1, 0.15) is 24.2 Å². The van der Waals surface area contributed by atoms with Crippen LogP contribution in [0, 0.1) is 5.92 Å². The molecule has 0 aromatic heterocycles. The zero-order valence-electron chi connectivity index (χ0n) is 14.6. The van der Waals surface area contributed by atoms with Crippen molar-refractivity contribution in [3.63, 3.8) is 0 Å². The van der Waals surface area contributed by atoms with Crippen molar-refractivity contribution in [3.8, 4) is 11.5 Å². The molecule has 0 radical (unpaired) electrons. The molecular weight excluding hydrogens is 316 g/mol. The number of hydrogen-bond acceptors (Lipinski definition) is 4. The minimum atomic E-state index is -0.113. The summed E-state index contributed by atoms with van der Waals surface area (Å²) >= 11 is 0. The van der Waals surface area contributed by atoms with Gasteiger partial charge in [0.2, 0.25) is 0 Å². The van der Waals surface area contributed by atoms with E-state index in [0.29, 0.717) is 42.7 Å². The molecular formula is C20H24N2O3. The molecule has 25 heavy (non-hydrogen) atoms. The number of fused-ring (bicyclic) bond motifs is 1. The van der Waals surface area contributed by atoms with Gasteiger partial charge in [0.1, 0.15) is 13.2 Å². The molecule has 0 spiro atoms. The summed E-state index contributed by atoms with van der Waals surface area (Å²) in [5.41, 5.74) is 1.63. The van der Waals surface area contributed by atoms with E-state index in [4.69, 9.17) is 9.47 Å². The predicted molar refractivity (Wildman–Crippen MR) is 98.5 cm³/mol. The van der Waals surface area contributed by atoms with Crippen LogP contribution in [-0.2, 0) is 0 Å². The molecule has 0 fully saturated rings. The second kappa shape index (κ2) is 7.92. The summed E-state index contributed by atoms with van der Waals surface area (Å²) in [7, 11) is 0. The fraction of sp³-hybridized carbons (Fsp3) is 0.350. The molecule has 1 aliphatic rings. The minimum Gasteiger partial charge on any atom is -0.486 e. The molecule has 2 aromatic rings. The average molecular weight is 340 g/mol. The van der Waals surface area contributed by atoms with Crippen LogP contribution in [0.15, 0.2) is 48.5 Å². The molecule has 1 amide bonds. The highest BCUT2D eigenvalue weighted by atomic mass is 16.6. The zero-order valence-corrected chi connectivity index (χ0v) is 14.6. The quantitative estimate of drug-likeness (QED) is 0.847. The Kier molecular flexibility index (Phi) is 5.43. The van der Waals surface area contributed by atoms with E-state index < -0.39 is 0 Å². The summed E-state index contributed by atoms with van der Waals surface area (Å²) in [6.07, 6.45) is 0. The highest BCUT2D eigenvalue weighted by Crippen LogP contribution is 2.30. The molecule has 132 valence electrons. The maximum Gasteiger partial charge on any atom is 0.251 e. The number of rotatable bonds is 6. The number of amides is 1. The van der Waals surface area contributed by atoms with Gasteiger partial charge in [0.15, 0.2) is 11.5 Å². The lowest BCUT2D eigenvalue weighted by Gasteiger charge is -2.24. The minimum absolute atomic E-state index is 0.113. The maximum atomic E-state index is 12.5. The van der Waals surface area contributed by atoms with Crippen molar-refractivity contribution in [2.75, 3.05) is 25.1 Å². The first kappa shape index (κ1) is 17.1. The van der Waals surface area contributed by atoms with Crippen LogP contribution >= 0.6 is 0 Å². The van der Waals surface area contributed by atoms with Crippen LogP contribution in [0.5, 0.6) is 11.5 Å². The Hall–Kier alpha value is -2.69. The predicted octanol–water partition coefficient (Wildman–Crippen LogP) is 3.32. The van der Waals surface area contributed by atoms with Crippen molar-refractivity contribution in [1.29, 1.82) is 0 Å². The first-order valence-electron chi connectivity index (χ1n) is 8.63. The van der Waals surface area contributed by atoms with Crippen LogP contribution in [0.25, 0.3) is 0 Å². The third-order valence-corrected chi connectivity index (χ3v) is 4.22. The second-order valence-electron chi connectivity index (χ2n) is 6.43. The molecule has 3 rings (SSSR count). The number of carbonyl (C=O) groups excluding carboxylic acids is 1. The molecule has 1 atom stereocenters. The molecule has 2 N–H and O–H groups in total. The maximum absolute atomic E-state index is 12.5. The summed E-state index contributed by atoms with van der Waals surface area (Å²) < 4.78 is 11.0. The van der Waals surface area contributed by atoms with Crippen molar-refractivity contribution in [1.82, 2.24) is 5.32 Å². The number of carbonyl (C=O) groups is 1. The van der Waals surface area contributed by atoms with E-state index in [-0.39, 0.29) is 11.9 Å². The molecule has 1 heterocycles. The van der Waals surface area contributed by atoms with E-state index >= 15 is 0 Å². The summed E-state index contributed by atoms with van der Waals surface area (Å²) in [5, 5.41) is 6.49. The van der Waals surface area contributed by atoms with E-state index in [1.165, 1.54) is 0 Å². The van der Waals surface area contributed by atoms with Gasteiger partial charge in [-0.2, -0.15) is 0 Å². The fourth-order valence-corrected chi connectivity index (χ4v) is 2.69. The number of anilines is 1. The standard InChI is InChI=1S/C20H24N2O3/c1-14(2)17(22-16-6-4-3-5-7-16)13-21-20(23)15-8-9-18-19(12-15)25-11-10-24-18/h3-9,12,14,17,22H,10-11,13H2,1-2H3,(H,21,23). The van der Waals surface area contributed by atoms with Crippen molar-refractivity contribution in [3.05, 3.63) is 54.1 Å². The Labute approximate surface area is 148 Å². The van der Waals surface area contributed by atoms with Gasteiger partial charge in [-0.15, -0.1) is 0 Å². The number of nitrogens with one attached hydrogen (secondary N) is 2. The number of ether oxygens (including phenoxy) is 2. The Morgan fingerprint density at radius 1 is 1.04 bits per heavy atom. The smallest absolute Gasteiger partial charge is 0.251 e. The third-order valence-electron chi connectivity index (χ3n) is 4.22. The zero-order chi connectivity index (χ0) is 17.6. The van der Waals surface area contributed by atoms with E-state index in [1.807, 2.05) is 30.3 Å². The molecule has 1 unspecified atom stereocenters. The Bertz CT molecular complexity index is 716. The lowest BCUT2D eigenvalue weighted by Crippen LogP contribution is -2.39. The number of hydrogen-bond donors (Lipinski definition) is 2. The van der Waals surface area contributed by atoms with Crippen molar-refractivity contribution < 1.29 is 14.3 Å². The van der Waals surface area contributed by atoms with Crippen LogP contribution < -0.4 is 20.1 Å². The van der Waals surface area contributed by atoms with Crippen LogP contribution in [0.3, 0.4) is 0 Å². The molecule has 1 aliphatic heterocycles. The van der Waals surface area contributed by atoms with Gasteiger partial charge in [0, 0.05) is 23.8 Å². The Balaban J connectivity index is 1.61. The normalized spacial score (nSPS) is 14.0. The van der Waals surface area contributed by atoms with Gasteiger partial charge >= 0.3 is 0 Å².